The smallest absolute Gasteiger partial charge is 0.224 e. The highest BCUT2D eigenvalue weighted by Crippen LogP contribution is 2.32. The molecule has 2 atom stereocenters. The third-order valence-electron chi connectivity index (χ3n) is 3.80. The fourth-order valence-corrected chi connectivity index (χ4v) is 3.02. The Hall–Kier alpha value is -1.10. The number of halogens is 1. The van der Waals surface area contributed by atoms with Crippen molar-refractivity contribution >= 4 is 23.2 Å². The maximum Gasteiger partial charge on any atom is 0.224 e. The molecule has 1 aromatic carbocycles. The SMILES string of the molecule is O=C1CCc2cc(C3OCCOC3CCCl)ccc2N1. The van der Waals surface area contributed by atoms with E-state index in [9.17, 15) is 4.79 Å². The summed E-state index contributed by atoms with van der Waals surface area (Å²) in [5.74, 6) is 0.647. The molecule has 20 heavy (non-hydrogen) atoms. The molecule has 0 aliphatic carbocycles. The highest BCUT2D eigenvalue weighted by atomic mass is 35.5. The number of carbonyl (C=O) groups is 1. The number of amides is 1. The molecule has 2 aliphatic rings. The Morgan fingerprint density at radius 3 is 2.95 bits per heavy atom. The van der Waals surface area contributed by atoms with E-state index in [1.54, 1.807) is 0 Å². The fraction of sp³-hybridized carbons (Fsp3) is 0.533. The number of nitrogens with one attached hydrogen (secondary N) is 1. The zero-order chi connectivity index (χ0) is 13.9. The molecule has 108 valence electrons. The van der Waals surface area contributed by atoms with Gasteiger partial charge in [-0.3, -0.25) is 4.79 Å². The zero-order valence-corrected chi connectivity index (χ0v) is 12.0. The Morgan fingerprint density at radius 2 is 2.10 bits per heavy atom. The van der Waals surface area contributed by atoms with Crippen LogP contribution in [-0.2, 0) is 20.7 Å². The molecule has 1 saturated heterocycles. The van der Waals surface area contributed by atoms with Crippen molar-refractivity contribution in [2.24, 2.45) is 0 Å². The van der Waals surface area contributed by atoms with Crippen molar-refractivity contribution in [2.45, 2.75) is 31.5 Å². The van der Waals surface area contributed by atoms with Gasteiger partial charge < -0.3 is 14.8 Å². The van der Waals surface area contributed by atoms with E-state index in [1.165, 1.54) is 5.56 Å². The molecule has 0 aromatic heterocycles. The molecule has 0 radical (unpaired) electrons. The predicted octanol–water partition coefficient (Wildman–Crippen LogP) is 2.66. The summed E-state index contributed by atoms with van der Waals surface area (Å²) in [7, 11) is 0. The van der Waals surface area contributed by atoms with Gasteiger partial charge in [-0.1, -0.05) is 12.1 Å². The maximum atomic E-state index is 11.4. The first kappa shape index (κ1) is 13.9. The van der Waals surface area contributed by atoms with Crippen LogP contribution < -0.4 is 5.32 Å². The topological polar surface area (TPSA) is 47.6 Å². The van der Waals surface area contributed by atoms with Crippen LogP contribution in [0.5, 0.6) is 0 Å². The van der Waals surface area contributed by atoms with Crippen LogP contribution in [0.2, 0.25) is 0 Å². The number of alkyl halides is 1. The molecule has 4 nitrogen and oxygen atoms in total. The molecule has 5 heteroatoms. The lowest BCUT2D eigenvalue weighted by atomic mass is 9.95. The molecule has 1 fully saturated rings. The van der Waals surface area contributed by atoms with Crippen LogP contribution in [0.3, 0.4) is 0 Å². The van der Waals surface area contributed by atoms with E-state index in [-0.39, 0.29) is 18.1 Å². The van der Waals surface area contributed by atoms with E-state index in [1.807, 2.05) is 12.1 Å². The molecule has 3 rings (SSSR count). The minimum absolute atomic E-state index is 0.0116. The van der Waals surface area contributed by atoms with Crippen LogP contribution in [0, 0.1) is 0 Å². The van der Waals surface area contributed by atoms with Gasteiger partial charge in [-0.05, 0) is 30.0 Å². The van der Waals surface area contributed by atoms with Crippen molar-refractivity contribution in [3.05, 3.63) is 29.3 Å². The number of hydrogen-bond acceptors (Lipinski definition) is 3. The van der Waals surface area contributed by atoms with Crippen molar-refractivity contribution in [1.29, 1.82) is 0 Å². The first-order valence-corrected chi connectivity index (χ1v) is 7.53. The number of benzene rings is 1. The summed E-state index contributed by atoms with van der Waals surface area (Å²) in [4.78, 5) is 11.4. The summed E-state index contributed by atoms with van der Waals surface area (Å²) in [5, 5.41) is 2.89. The minimum Gasteiger partial charge on any atom is -0.373 e. The third-order valence-corrected chi connectivity index (χ3v) is 4.02. The van der Waals surface area contributed by atoms with Gasteiger partial charge in [0.2, 0.25) is 5.91 Å². The summed E-state index contributed by atoms with van der Waals surface area (Å²) in [6.45, 7) is 1.23. The lowest BCUT2D eigenvalue weighted by Crippen LogP contribution is -2.33. The Labute approximate surface area is 123 Å². The van der Waals surface area contributed by atoms with Crippen LogP contribution in [0.4, 0.5) is 5.69 Å². The molecule has 1 N–H and O–H groups in total. The molecule has 1 aromatic rings. The number of hydrogen-bond donors (Lipinski definition) is 1. The average Bonchev–Trinajstić information content (AvgIpc) is 2.48. The Morgan fingerprint density at radius 1 is 1.25 bits per heavy atom. The van der Waals surface area contributed by atoms with Crippen molar-refractivity contribution in [1.82, 2.24) is 0 Å². The molecule has 2 aliphatic heterocycles. The lowest BCUT2D eigenvalue weighted by molar-refractivity contribution is -0.142. The molecule has 1 amide bonds. The van der Waals surface area contributed by atoms with Crippen LogP contribution in [-0.4, -0.2) is 31.1 Å². The molecule has 2 unspecified atom stereocenters. The molecule has 2 heterocycles. The van der Waals surface area contributed by atoms with E-state index in [0.29, 0.717) is 25.5 Å². The molecular weight excluding hydrogens is 278 g/mol. The predicted molar refractivity (Wildman–Crippen MR) is 77.2 cm³/mol. The van der Waals surface area contributed by atoms with E-state index < -0.39 is 0 Å². The summed E-state index contributed by atoms with van der Waals surface area (Å²) in [5.41, 5.74) is 3.19. The zero-order valence-electron chi connectivity index (χ0n) is 11.2. The third kappa shape index (κ3) is 2.82. The first-order chi connectivity index (χ1) is 9.78. The number of anilines is 1. The highest BCUT2D eigenvalue weighted by molar-refractivity contribution is 6.17. The van der Waals surface area contributed by atoms with Gasteiger partial charge in [0.25, 0.3) is 0 Å². The van der Waals surface area contributed by atoms with Gasteiger partial charge in [-0.25, -0.2) is 0 Å². The second-order valence-electron chi connectivity index (χ2n) is 5.14. The molecule has 0 bridgehead atoms. The normalized spacial score (nSPS) is 25.9. The van der Waals surface area contributed by atoms with E-state index >= 15 is 0 Å². The van der Waals surface area contributed by atoms with Gasteiger partial charge in [0.15, 0.2) is 0 Å². The Bertz CT molecular complexity index is 504. The van der Waals surface area contributed by atoms with Crippen molar-refractivity contribution in [3.8, 4) is 0 Å². The number of carbonyl (C=O) groups excluding carboxylic acids is 1. The van der Waals surface area contributed by atoms with Gasteiger partial charge in [-0.15, -0.1) is 11.6 Å². The summed E-state index contributed by atoms with van der Waals surface area (Å²) < 4.78 is 11.6. The van der Waals surface area contributed by atoms with Crippen LogP contribution >= 0.6 is 11.6 Å². The fourth-order valence-electron chi connectivity index (χ4n) is 2.80. The summed E-state index contributed by atoms with van der Waals surface area (Å²) in [6, 6.07) is 6.08. The first-order valence-electron chi connectivity index (χ1n) is 7.00. The van der Waals surface area contributed by atoms with Crippen molar-refractivity contribution in [3.63, 3.8) is 0 Å². The minimum atomic E-state index is -0.0644. The van der Waals surface area contributed by atoms with Crippen molar-refractivity contribution in [2.75, 3.05) is 24.4 Å². The second kappa shape index (κ2) is 6.12. The maximum absolute atomic E-state index is 11.4. The van der Waals surface area contributed by atoms with Crippen LogP contribution in [0.1, 0.15) is 30.1 Å². The number of fused-ring (bicyclic) bond motifs is 1. The largest absolute Gasteiger partial charge is 0.373 e. The van der Waals surface area contributed by atoms with Crippen molar-refractivity contribution < 1.29 is 14.3 Å². The van der Waals surface area contributed by atoms with Gasteiger partial charge >= 0.3 is 0 Å². The molecular formula is C15H18ClNO3. The monoisotopic (exact) mass is 295 g/mol. The summed E-state index contributed by atoms with van der Waals surface area (Å²) in [6.07, 6.45) is 2.05. The summed E-state index contributed by atoms with van der Waals surface area (Å²) >= 11 is 5.84. The Kier molecular flexibility index (Phi) is 4.24. The quantitative estimate of drug-likeness (QED) is 0.872. The number of rotatable bonds is 3. The van der Waals surface area contributed by atoms with Gasteiger partial charge in [-0.2, -0.15) is 0 Å². The molecule has 0 spiro atoms. The number of ether oxygens (including phenoxy) is 2. The lowest BCUT2D eigenvalue weighted by Gasteiger charge is -2.32. The average molecular weight is 296 g/mol. The van der Waals surface area contributed by atoms with Crippen LogP contribution in [0.25, 0.3) is 0 Å². The van der Waals surface area contributed by atoms with Gasteiger partial charge in [0.05, 0.1) is 19.3 Å². The van der Waals surface area contributed by atoms with E-state index in [0.717, 1.165) is 24.1 Å². The van der Waals surface area contributed by atoms with Crippen LogP contribution in [0.15, 0.2) is 18.2 Å². The van der Waals surface area contributed by atoms with Gasteiger partial charge in [0, 0.05) is 18.0 Å². The van der Waals surface area contributed by atoms with Gasteiger partial charge in [0.1, 0.15) is 6.10 Å². The van der Waals surface area contributed by atoms with E-state index in [4.69, 9.17) is 21.1 Å². The van der Waals surface area contributed by atoms with E-state index in [2.05, 4.69) is 11.4 Å². The Balaban J connectivity index is 1.84. The molecule has 0 saturated carbocycles. The second-order valence-corrected chi connectivity index (χ2v) is 5.52. The standard InChI is InChI=1S/C15H18ClNO3/c16-6-5-13-15(20-8-7-19-13)11-1-3-12-10(9-11)2-4-14(18)17-12/h1,3,9,13,15H,2,4-8H2,(H,17,18). The highest BCUT2D eigenvalue weighted by Gasteiger charge is 2.28. The number of aryl methyl sites for hydroxylation is 1.